The van der Waals surface area contributed by atoms with E-state index in [4.69, 9.17) is 0 Å². The second kappa shape index (κ2) is 8.59. The lowest BCUT2D eigenvalue weighted by Crippen LogP contribution is -2.34. The van der Waals surface area contributed by atoms with E-state index in [1.165, 1.54) is 5.56 Å². The van der Waals surface area contributed by atoms with E-state index < -0.39 is 0 Å². The van der Waals surface area contributed by atoms with Crippen molar-refractivity contribution in [2.45, 2.75) is 40.2 Å². The van der Waals surface area contributed by atoms with Crippen LogP contribution in [0.4, 0.5) is 10.5 Å². The monoisotopic (exact) mass is 277 g/mol. The number of nitrogens with zero attached hydrogens (tertiary/aromatic N) is 1. The summed E-state index contributed by atoms with van der Waals surface area (Å²) in [5.41, 5.74) is 2.08. The van der Waals surface area contributed by atoms with Crippen molar-refractivity contribution in [1.82, 2.24) is 10.2 Å². The van der Waals surface area contributed by atoms with Crippen LogP contribution in [-0.4, -0.2) is 30.6 Å². The molecule has 1 unspecified atom stereocenters. The van der Waals surface area contributed by atoms with E-state index in [9.17, 15) is 4.79 Å². The molecule has 1 atom stereocenters. The van der Waals surface area contributed by atoms with Crippen LogP contribution >= 0.6 is 0 Å². The van der Waals surface area contributed by atoms with E-state index >= 15 is 0 Å². The summed E-state index contributed by atoms with van der Waals surface area (Å²) >= 11 is 0. The third kappa shape index (κ3) is 4.85. The van der Waals surface area contributed by atoms with Crippen molar-refractivity contribution in [3.8, 4) is 0 Å². The van der Waals surface area contributed by atoms with Gasteiger partial charge in [0.15, 0.2) is 0 Å². The first-order valence-corrected chi connectivity index (χ1v) is 7.51. The lowest BCUT2D eigenvalue weighted by Gasteiger charge is -2.19. The van der Waals surface area contributed by atoms with E-state index in [0.29, 0.717) is 6.04 Å². The molecule has 0 heterocycles. The first kappa shape index (κ1) is 16.5. The Balaban J connectivity index is 2.60. The second-order valence-corrected chi connectivity index (χ2v) is 4.90. The molecule has 0 saturated carbocycles. The van der Waals surface area contributed by atoms with E-state index in [0.717, 1.165) is 31.7 Å². The van der Waals surface area contributed by atoms with E-state index in [1.807, 2.05) is 26.0 Å². The highest BCUT2D eigenvalue weighted by molar-refractivity contribution is 5.89. The van der Waals surface area contributed by atoms with Crippen LogP contribution in [0, 0.1) is 0 Å². The zero-order valence-electron chi connectivity index (χ0n) is 13.1. The van der Waals surface area contributed by atoms with Crippen LogP contribution in [0.2, 0.25) is 0 Å². The van der Waals surface area contributed by atoms with Gasteiger partial charge in [-0.05, 0) is 51.4 Å². The fourth-order valence-electron chi connectivity index (χ4n) is 2.05. The SMILES string of the molecule is CCCNC(C)c1ccc(NC(=O)N(CC)CC)cc1. The maximum absolute atomic E-state index is 11.9. The molecule has 2 amide bonds. The van der Waals surface area contributed by atoms with Gasteiger partial charge in [-0.3, -0.25) is 0 Å². The predicted molar refractivity (Wildman–Crippen MR) is 85.1 cm³/mol. The van der Waals surface area contributed by atoms with Crippen molar-refractivity contribution in [1.29, 1.82) is 0 Å². The highest BCUT2D eigenvalue weighted by Gasteiger charge is 2.09. The van der Waals surface area contributed by atoms with Crippen LogP contribution in [0.25, 0.3) is 0 Å². The number of anilines is 1. The maximum Gasteiger partial charge on any atom is 0.321 e. The van der Waals surface area contributed by atoms with Crippen molar-refractivity contribution >= 4 is 11.7 Å². The summed E-state index contributed by atoms with van der Waals surface area (Å²) in [6, 6.07) is 8.33. The Hall–Kier alpha value is -1.55. The van der Waals surface area contributed by atoms with Gasteiger partial charge >= 0.3 is 6.03 Å². The summed E-state index contributed by atoms with van der Waals surface area (Å²) in [6.45, 7) is 10.7. The lowest BCUT2D eigenvalue weighted by molar-refractivity contribution is 0.217. The molecule has 0 radical (unpaired) electrons. The standard InChI is InChI=1S/C16H27N3O/c1-5-12-17-13(4)14-8-10-15(11-9-14)18-16(20)19(6-2)7-3/h8-11,13,17H,5-7,12H2,1-4H3,(H,18,20). The van der Waals surface area contributed by atoms with Gasteiger partial charge in [0.2, 0.25) is 0 Å². The fourth-order valence-corrected chi connectivity index (χ4v) is 2.05. The fraction of sp³-hybridized carbons (Fsp3) is 0.562. The number of hydrogen-bond acceptors (Lipinski definition) is 2. The largest absolute Gasteiger partial charge is 0.325 e. The Morgan fingerprint density at radius 2 is 1.75 bits per heavy atom. The molecule has 1 aromatic rings. The molecule has 2 N–H and O–H groups in total. The Kier molecular flexibility index (Phi) is 7.09. The summed E-state index contributed by atoms with van der Waals surface area (Å²) in [4.78, 5) is 13.7. The molecule has 20 heavy (non-hydrogen) atoms. The number of hydrogen-bond donors (Lipinski definition) is 2. The zero-order chi connectivity index (χ0) is 15.0. The third-order valence-corrected chi connectivity index (χ3v) is 3.41. The molecule has 0 fully saturated rings. The summed E-state index contributed by atoms with van der Waals surface area (Å²) < 4.78 is 0. The molecule has 0 aliphatic carbocycles. The van der Waals surface area contributed by atoms with Gasteiger partial charge in [0.25, 0.3) is 0 Å². The molecule has 1 aromatic carbocycles. The molecule has 0 bridgehead atoms. The van der Waals surface area contributed by atoms with Gasteiger partial charge in [0.1, 0.15) is 0 Å². The molecular weight excluding hydrogens is 250 g/mol. The Morgan fingerprint density at radius 1 is 1.15 bits per heavy atom. The smallest absolute Gasteiger partial charge is 0.321 e. The van der Waals surface area contributed by atoms with Crippen LogP contribution in [0.15, 0.2) is 24.3 Å². The number of benzene rings is 1. The molecule has 4 nitrogen and oxygen atoms in total. The summed E-state index contributed by atoms with van der Waals surface area (Å²) in [7, 11) is 0. The van der Waals surface area contributed by atoms with Gasteiger partial charge in [-0.1, -0.05) is 19.1 Å². The summed E-state index contributed by atoms with van der Waals surface area (Å²) in [6.07, 6.45) is 1.13. The minimum Gasteiger partial charge on any atom is -0.325 e. The lowest BCUT2D eigenvalue weighted by atomic mass is 10.1. The predicted octanol–water partition coefficient (Wildman–Crippen LogP) is 3.62. The molecule has 4 heteroatoms. The number of nitrogens with one attached hydrogen (secondary N) is 2. The van der Waals surface area contributed by atoms with E-state index in [-0.39, 0.29) is 6.03 Å². The number of rotatable bonds is 7. The maximum atomic E-state index is 11.9. The van der Waals surface area contributed by atoms with E-state index in [2.05, 4.69) is 36.6 Å². The molecule has 112 valence electrons. The van der Waals surface area contributed by atoms with Crippen molar-refractivity contribution in [2.75, 3.05) is 25.0 Å². The van der Waals surface area contributed by atoms with Crippen LogP contribution in [0.5, 0.6) is 0 Å². The van der Waals surface area contributed by atoms with Gasteiger partial charge < -0.3 is 15.5 Å². The topological polar surface area (TPSA) is 44.4 Å². The zero-order valence-corrected chi connectivity index (χ0v) is 13.1. The van der Waals surface area contributed by atoms with Crippen LogP contribution in [0.3, 0.4) is 0 Å². The van der Waals surface area contributed by atoms with Gasteiger partial charge in [0.05, 0.1) is 0 Å². The molecular formula is C16H27N3O. The molecule has 1 rings (SSSR count). The van der Waals surface area contributed by atoms with Crippen LogP contribution in [-0.2, 0) is 0 Å². The van der Waals surface area contributed by atoms with Gasteiger partial charge in [-0.25, -0.2) is 4.79 Å². The molecule has 0 saturated heterocycles. The number of amides is 2. The van der Waals surface area contributed by atoms with Gasteiger partial charge in [-0.15, -0.1) is 0 Å². The minimum absolute atomic E-state index is 0.0418. The molecule has 0 aliphatic rings. The average molecular weight is 277 g/mol. The normalized spacial score (nSPS) is 12.0. The third-order valence-electron chi connectivity index (χ3n) is 3.41. The molecule has 0 aliphatic heterocycles. The number of carbonyl (C=O) groups excluding carboxylic acids is 1. The second-order valence-electron chi connectivity index (χ2n) is 4.90. The first-order valence-electron chi connectivity index (χ1n) is 7.51. The number of urea groups is 1. The van der Waals surface area contributed by atoms with E-state index in [1.54, 1.807) is 4.90 Å². The first-order chi connectivity index (χ1) is 9.62. The van der Waals surface area contributed by atoms with Crippen LogP contribution < -0.4 is 10.6 Å². The summed E-state index contributed by atoms with van der Waals surface area (Å²) in [5.74, 6) is 0. The van der Waals surface area contributed by atoms with Crippen LogP contribution in [0.1, 0.15) is 45.7 Å². The highest BCUT2D eigenvalue weighted by Crippen LogP contribution is 2.16. The van der Waals surface area contributed by atoms with Gasteiger partial charge in [-0.2, -0.15) is 0 Å². The quantitative estimate of drug-likeness (QED) is 0.799. The Morgan fingerprint density at radius 3 is 2.25 bits per heavy atom. The highest BCUT2D eigenvalue weighted by atomic mass is 16.2. The Labute approximate surface area is 122 Å². The minimum atomic E-state index is -0.0418. The van der Waals surface area contributed by atoms with Crippen molar-refractivity contribution in [2.24, 2.45) is 0 Å². The molecule has 0 spiro atoms. The molecule has 0 aromatic heterocycles. The van der Waals surface area contributed by atoms with Crippen molar-refractivity contribution < 1.29 is 4.79 Å². The summed E-state index contributed by atoms with van der Waals surface area (Å²) in [5, 5.41) is 6.37. The number of carbonyl (C=O) groups is 1. The average Bonchev–Trinajstić information content (AvgIpc) is 2.46. The Bertz CT molecular complexity index is 399. The van der Waals surface area contributed by atoms with Crippen molar-refractivity contribution in [3.63, 3.8) is 0 Å². The van der Waals surface area contributed by atoms with Gasteiger partial charge in [0, 0.05) is 24.8 Å². The van der Waals surface area contributed by atoms with Crippen molar-refractivity contribution in [3.05, 3.63) is 29.8 Å².